The highest BCUT2D eigenvalue weighted by Gasteiger charge is 2.10. The molecule has 2 aromatic heterocycles. The summed E-state index contributed by atoms with van der Waals surface area (Å²) in [6.07, 6.45) is 2.03. The summed E-state index contributed by atoms with van der Waals surface area (Å²) in [7, 11) is 0. The van der Waals surface area contributed by atoms with Crippen LogP contribution in [0, 0.1) is 6.92 Å². The van der Waals surface area contributed by atoms with Crippen LogP contribution in [0.1, 0.15) is 17.2 Å². The number of imidazole rings is 1. The molecule has 0 spiro atoms. The van der Waals surface area contributed by atoms with Crippen molar-refractivity contribution in [3.8, 4) is 0 Å². The van der Waals surface area contributed by atoms with Gasteiger partial charge >= 0.3 is 0 Å². The maximum Gasteiger partial charge on any atom is 0.213 e. The van der Waals surface area contributed by atoms with Gasteiger partial charge in [-0.3, -0.25) is 0 Å². The number of aryl methyl sites for hydroxylation is 3. The molecule has 0 aliphatic carbocycles. The van der Waals surface area contributed by atoms with E-state index in [1.807, 2.05) is 0 Å². The Morgan fingerprint density at radius 2 is 2.26 bits per heavy atom. The molecule has 6 heteroatoms. The van der Waals surface area contributed by atoms with Gasteiger partial charge in [0.15, 0.2) is 5.82 Å². The van der Waals surface area contributed by atoms with Crippen LogP contribution in [0.15, 0.2) is 29.1 Å². The van der Waals surface area contributed by atoms with E-state index < -0.39 is 0 Å². The van der Waals surface area contributed by atoms with Crippen molar-refractivity contribution in [2.75, 3.05) is 0 Å². The van der Waals surface area contributed by atoms with E-state index in [1.165, 1.54) is 12.0 Å². The largest absolute Gasteiger partial charge is 0.343 e. The molecular formula is C13H13ClN4O. The van der Waals surface area contributed by atoms with E-state index in [0.29, 0.717) is 18.1 Å². The lowest BCUT2D eigenvalue weighted by molar-refractivity contribution is 0.408. The number of benzene rings is 1. The summed E-state index contributed by atoms with van der Waals surface area (Å²) in [5.74, 6) is 1.94. The zero-order valence-corrected chi connectivity index (χ0v) is 11.3. The minimum atomic E-state index is 0.389. The Balaban J connectivity index is 1.96. The van der Waals surface area contributed by atoms with Crippen molar-refractivity contribution in [2.24, 2.45) is 0 Å². The molecule has 0 bridgehead atoms. The Morgan fingerprint density at radius 1 is 1.37 bits per heavy atom. The van der Waals surface area contributed by atoms with Gasteiger partial charge < -0.3 is 9.09 Å². The van der Waals surface area contributed by atoms with Crippen molar-refractivity contribution in [1.29, 1.82) is 0 Å². The van der Waals surface area contributed by atoms with Gasteiger partial charge in [-0.1, -0.05) is 11.2 Å². The number of nitrogens with zero attached hydrogens (tertiary/aromatic N) is 4. The monoisotopic (exact) mass is 276 g/mol. The number of fused-ring (bicyclic) bond motifs is 1. The molecule has 0 aliphatic heterocycles. The fraction of sp³-hybridized carbons (Fsp3) is 0.308. The second-order valence-electron chi connectivity index (χ2n) is 4.40. The van der Waals surface area contributed by atoms with E-state index >= 15 is 0 Å². The van der Waals surface area contributed by atoms with Gasteiger partial charge in [0.1, 0.15) is 5.82 Å². The molecule has 0 unspecified atom stereocenters. The van der Waals surface area contributed by atoms with Gasteiger partial charge in [0.05, 0.1) is 16.9 Å². The summed E-state index contributed by atoms with van der Waals surface area (Å²) in [6, 6.07) is 6.22. The van der Waals surface area contributed by atoms with Gasteiger partial charge in [0.2, 0.25) is 6.39 Å². The standard InChI is InChI=1S/C13H13ClN4O/c1-9-2-3-11-10(6-9)16-13(7-14)18(11)5-4-12-15-8-19-17-12/h2-3,6,8H,4-5,7H2,1H3. The molecule has 1 aromatic carbocycles. The molecular weight excluding hydrogens is 264 g/mol. The predicted molar refractivity (Wildman–Crippen MR) is 72.0 cm³/mol. The third-order valence-electron chi connectivity index (χ3n) is 3.07. The highest BCUT2D eigenvalue weighted by Crippen LogP contribution is 2.19. The first-order valence-electron chi connectivity index (χ1n) is 6.05. The van der Waals surface area contributed by atoms with E-state index in [4.69, 9.17) is 16.1 Å². The average Bonchev–Trinajstić information content (AvgIpc) is 3.02. The van der Waals surface area contributed by atoms with Crippen molar-refractivity contribution in [3.63, 3.8) is 0 Å². The van der Waals surface area contributed by atoms with E-state index in [-0.39, 0.29) is 0 Å². The molecule has 5 nitrogen and oxygen atoms in total. The van der Waals surface area contributed by atoms with Crippen LogP contribution in [0.3, 0.4) is 0 Å². The summed E-state index contributed by atoms with van der Waals surface area (Å²) >= 11 is 5.97. The van der Waals surface area contributed by atoms with Gasteiger partial charge in [-0.05, 0) is 24.6 Å². The first kappa shape index (κ1) is 12.2. The molecule has 98 valence electrons. The van der Waals surface area contributed by atoms with Crippen molar-refractivity contribution in [1.82, 2.24) is 19.7 Å². The van der Waals surface area contributed by atoms with Crippen molar-refractivity contribution in [2.45, 2.75) is 25.8 Å². The molecule has 0 saturated carbocycles. The Hall–Kier alpha value is -1.88. The number of rotatable bonds is 4. The topological polar surface area (TPSA) is 56.7 Å². The van der Waals surface area contributed by atoms with E-state index in [9.17, 15) is 0 Å². The van der Waals surface area contributed by atoms with Gasteiger partial charge in [0.25, 0.3) is 0 Å². The maximum absolute atomic E-state index is 5.97. The molecule has 3 aromatic rings. The van der Waals surface area contributed by atoms with Crippen LogP contribution in [0.5, 0.6) is 0 Å². The maximum atomic E-state index is 5.97. The average molecular weight is 277 g/mol. The van der Waals surface area contributed by atoms with Gasteiger partial charge in [0, 0.05) is 13.0 Å². The summed E-state index contributed by atoms with van der Waals surface area (Å²) in [5, 5.41) is 3.81. The van der Waals surface area contributed by atoms with Crippen LogP contribution < -0.4 is 0 Å². The molecule has 0 atom stereocenters. The van der Waals surface area contributed by atoms with Crippen LogP contribution in [0.2, 0.25) is 0 Å². The zero-order chi connectivity index (χ0) is 13.2. The highest BCUT2D eigenvalue weighted by atomic mass is 35.5. The van der Waals surface area contributed by atoms with E-state index in [0.717, 1.165) is 23.4 Å². The Morgan fingerprint density at radius 3 is 3.00 bits per heavy atom. The SMILES string of the molecule is Cc1ccc2c(c1)nc(CCl)n2CCc1ncon1. The molecule has 0 saturated heterocycles. The first-order chi connectivity index (χ1) is 9.28. The summed E-state index contributed by atoms with van der Waals surface area (Å²) in [5.41, 5.74) is 3.25. The van der Waals surface area contributed by atoms with Crippen LogP contribution in [-0.2, 0) is 18.8 Å². The molecule has 2 heterocycles. The van der Waals surface area contributed by atoms with Crippen LogP contribution >= 0.6 is 11.6 Å². The number of hydrogen-bond donors (Lipinski definition) is 0. The Labute approximate surface area is 115 Å². The van der Waals surface area contributed by atoms with Crippen LogP contribution in [-0.4, -0.2) is 19.7 Å². The fourth-order valence-electron chi connectivity index (χ4n) is 2.16. The lowest BCUT2D eigenvalue weighted by Gasteiger charge is -2.05. The molecule has 0 aliphatic rings. The zero-order valence-electron chi connectivity index (χ0n) is 10.5. The number of aromatic nitrogens is 4. The van der Waals surface area contributed by atoms with Gasteiger partial charge in [-0.2, -0.15) is 4.98 Å². The third-order valence-corrected chi connectivity index (χ3v) is 3.31. The molecule has 0 radical (unpaired) electrons. The van der Waals surface area contributed by atoms with Gasteiger partial charge in [-0.15, -0.1) is 11.6 Å². The quantitative estimate of drug-likeness (QED) is 0.688. The van der Waals surface area contributed by atoms with Crippen LogP contribution in [0.4, 0.5) is 0 Å². The lowest BCUT2D eigenvalue weighted by atomic mass is 10.2. The third kappa shape index (κ3) is 2.33. The molecule has 3 rings (SSSR count). The van der Waals surface area contributed by atoms with Crippen molar-refractivity contribution >= 4 is 22.6 Å². The van der Waals surface area contributed by atoms with Crippen molar-refractivity contribution < 1.29 is 4.52 Å². The highest BCUT2D eigenvalue weighted by molar-refractivity contribution is 6.16. The van der Waals surface area contributed by atoms with E-state index in [1.54, 1.807) is 0 Å². The Kier molecular flexibility index (Phi) is 3.21. The molecule has 19 heavy (non-hydrogen) atoms. The van der Waals surface area contributed by atoms with Crippen molar-refractivity contribution in [3.05, 3.63) is 41.8 Å². The molecule has 0 fully saturated rings. The molecule has 0 amide bonds. The summed E-state index contributed by atoms with van der Waals surface area (Å²) in [4.78, 5) is 8.58. The Bertz CT molecular complexity index is 690. The summed E-state index contributed by atoms with van der Waals surface area (Å²) < 4.78 is 6.84. The molecule has 0 N–H and O–H groups in total. The van der Waals surface area contributed by atoms with E-state index in [2.05, 4.69) is 44.8 Å². The minimum Gasteiger partial charge on any atom is -0.343 e. The fourth-order valence-corrected chi connectivity index (χ4v) is 2.36. The normalized spacial score (nSPS) is 11.3. The number of alkyl halides is 1. The van der Waals surface area contributed by atoms with Crippen LogP contribution in [0.25, 0.3) is 11.0 Å². The van der Waals surface area contributed by atoms with Gasteiger partial charge in [-0.25, -0.2) is 4.98 Å². The minimum absolute atomic E-state index is 0.389. The lowest BCUT2D eigenvalue weighted by Crippen LogP contribution is -2.06. The number of hydrogen-bond acceptors (Lipinski definition) is 4. The second-order valence-corrected chi connectivity index (χ2v) is 4.67. The number of halogens is 1. The summed E-state index contributed by atoms with van der Waals surface area (Å²) in [6.45, 7) is 2.79. The second kappa shape index (κ2) is 5.01. The smallest absolute Gasteiger partial charge is 0.213 e. The first-order valence-corrected chi connectivity index (χ1v) is 6.58. The predicted octanol–water partition coefficient (Wildman–Crippen LogP) is 2.71.